The van der Waals surface area contributed by atoms with Crippen LogP contribution in [0.15, 0.2) is 29.6 Å². The van der Waals surface area contributed by atoms with E-state index in [1.807, 2.05) is 18.2 Å². The Morgan fingerprint density at radius 2 is 2.00 bits per heavy atom. The largest absolute Gasteiger partial charge is 0.497 e. The summed E-state index contributed by atoms with van der Waals surface area (Å²) in [6.45, 7) is 2.09. The van der Waals surface area contributed by atoms with Crippen LogP contribution in [0.5, 0.6) is 5.75 Å². The molecular weight excluding hydrogens is 206 g/mol. The molecule has 2 aromatic rings. The van der Waals surface area contributed by atoms with Gasteiger partial charge in [0.05, 0.1) is 7.11 Å². The Morgan fingerprint density at radius 3 is 2.60 bits per heavy atom. The minimum atomic E-state index is 0.732. The number of aryl methyl sites for hydroxylation is 1. The number of ether oxygens (including phenoxy) is 1. The molecule has 78 valence electrons. The van der Waals surface area contributed by atoms with Crippen LogP contribution in [-0.4, -0.2) is 7.11 Å². The zero-order chi connectivity index (χ0) is 10.8. The van der Waals surface area contributed by atoms with Crippen LogP contribution in [0.25, 0.3) is 10.4 Å². The van der Waals surface area contributed by atoms with Gasteiger partial charge in [-0.3, -0.25) is 0 Å². The van der Waals surface area contributed by atoms with Crippen LogP contribution in [0.4, 0.5) is 5.69 Å². The van der Waals surface area contributed by atoms with Gasteiger partial charge in [-0.15, -0.1) is 11.3 Å². The predicted molar refractivity (Wildman–Crippen MR) is 65.5 cm³/mol. The molecular formula is C12H13NOS. The number of hydrogen-bond acceptors (Lipinski definition) is 3. The second-order valence-electron chi connectivity index (χ2n) is 3.48. The van der Waals surface area contributed by atoms with Gasteiger partial charge in [-0.05, 0) is 41.6 Å². The van der Waals surface area contributed by atoms with Crippen molar-refractivity contribution in [1.82, 2.24) is 0 Å². The average Bonchev–Trinajstić information content (AvgIpc) is 2.64. The van der Waals surface area contributed by atoms with Gasteiger partial charge in [-0.2, -0.15) is 0 Å². The van der Waals surface area contributed by atoms with Crippen molar-refractivity contribution in [2.45, 2.75) is 6.92 Å². The third-order valence-electron chi connectivity index (χ3n) is 2.18. The highest BCUT2D eigenvalue weighted by Gasteiger charge is 2.03. The molecule has 0 aliphatic heterocycles. The highest BCUT2D eigenvalue weighted by atomic mass is 32.1. The molecule has 0 saturated heterocycles. The Morgan fingerprint density at radius 1 is 1.20 bits per heavy atom. The normalized spacial score (nSPS) is 10.3. The van der Waals surface area contributed by atoms with Gasteiger partial charge in [0.2, 0.25) is 0 Å². The zero-order valence-corrected chi connectivity index (χ0v) is 9.60. The molecule has 15 heavy (non-hydrogen) atoms. The molecule has 0 atom stereocenters. The summed E-state index contributed by atoms with van der Waals surface area (Å²) in [6, 6.07) is 7.94. The number of methoxy groups -OCH3 is 1. The third kappa shape index (κ3) is 2.13. The van der Waals surface area contributed by atoms with E-state index in [0.29, 0.717) is 0 Å². The van der Waals surface area contributed by atoms with E-state index in [1.165, 1.54) is 10.4 Å². The van der Waals surface area contributed by atoms with Gasteiger partial charge in [0.25, 0.3) is 0 Å². The van der Waals surface area contributed by atoms with Crippen molar-refractivity contribution in [3.63, 3.8) is 0 Å². The molecule has 1 aromatic carbocycles. The van der Waals surface area contributed by atoms with Crippen molar-refractivity contribution in [1.29, 1.82) is 0 Å². The number of thiophene rings is 1. The molecule has 0 amide bonds. The minimum Gasteiger partial charge on any atom is -0.497 e. The molecule has 2 nitrogen and oxygen atoms in total. The summed E-state index contributed by atoms with van der Waals surface area (Å²) in [4.78, 5) is 1.22. The predicted octanol–water partition coefficient (Wildman–Crippen LogP) is 3.31. The van der Waals surface area contributed by atoms with Crippen molar-refractivity contribution in [2.75, 3.05) is 12.8 Å². The van der Waals surface area contributed by atoms with E-state index in [0.717, 1.165) is 17.0 Å². The van der Waals surface area contributed by atoms with Crippen LogP contribution in [0, 0.1) is 6.92 Å². The molecule has 0 unspecified atom stereocenters. The number of nitrogen functional groups attached to an aromatic ring is 1. The summed E-state index contributed by atoms with van der Waals surface area (Å²) in [5, 5.41) is 2.13. The van der Waals surface area contributed by atoms with E-state index in [2.05, 4.69) is 18.4 Å². The first kappa shape index (κ1) is 10.1. The highest BCUT2D eigenvalue weighted by molar-refractivity contribution is 7.13. The maximum absolute atomic E-state index is 5.80. The number of nitrogens with two attached hydrogens (primary N) is 1. The smallest absolute Gasteiger partial charge is 0.121 e. The van der Waals surface area contributed by atoms with E-state index >= 15 is 0 Å². The first-order valence-electron chi connectivity index (χ1n) is 4.69. The number of rotatable bonds is 2. The molecule has 0 bridgehead atoms. The van der Waals surface area contributed by atoms with Crippen LogP contribution >= 0.6 is 11.3 Å². The minimum absolute atomic E-state index is 0.732. The Bertz CT molecular complexity index is 476. The summed E-state index contributed by atoms with van der Waals surface area (Å²) < 4.78 is 5.19. The lowest BCUT2D eigenvalue weighted by Gasteiger charge is -2.04. The van der Waals surface area contributed by atoms with E-state index in [1.54, 1.807) is 18.4 Å². The van der Waals surface area contributed by atoms with Crippen molar-refractivity contribution in [3.8, 4) is 16.2 Å². The molecule has 2 rings (SSSR count). The molecule has 3 heteroatoms. The number of hydrogen-bond donors (Lipinski definition) is 1. The second-order valence-corrected chi connectivity index (χ2v) is 4.39. The molecule has 0 spiro atoms. The molecule has 0 saturated carbocycles. The van der Waals surface area contributed by atoms with Crippen molar-refractivity contribution >= 4 is 17.0 Å². The van der Waals surface area contributed by atoms with Crippen molar-refractivity contribution in [3.05, 3.63) is 35.2 Å². The summed E-state index contributed by atoms with van der Waals surface area (Å²) in [5.41, 5.74) is 8.93. The molecule has 1 heterocycles. The van der Waals surface area contributed by atoms with Gasteiger partial charge in [0.15, 0.2) is 0 Å². The van der Waals surface area contributed by atoms with Crippen molar-refractivity contribution in [2.24, 2.45) is 0 Å². The molecule has 0 radical (unpaired) electrons. The van der Waals surface area contributed by atoms with E-state index in [9.17, 15) is 0 Å². The van der Waals surface area contributed by atoms with Crippen molar-refractivity contribution < 1.29 is 4.74 Å². The lowest BCUT2D eigenvalue weighted by Crippen LogP contribution is -1.89. The second kappa shape index (κ2) is 3.95. The van der Waals surface area contributed by atoms with Gasteiger partial charge in [0, 0.05) is 16.6 Å². The quantitative estimate of drug-likeness (QED) is 0.786. The van der Waals surface area contributed by atoms with Gasteiger partial charge >= 0.3 is 0 Å². The number of anilines is 1. The van der Waals surface area contributed by atoms with Gasteiger partial charge in [-0.25, -0.2) is 0 Å². The van der Waals surface area contributed by atoms with Crippen LogP contribution in [0.3, 0.4) is 0 Å². The molecule has 0 aliphatic carbocycles. The summed E-state index contributed by atoms with van der Waals surface area (Å²) >= 11 is 1.72. The fraction of sp³-hybridized carbons (Fsp3) is 0.167. The lowest BCUT2D eigenvalue weighted by atomic mass is 10.1. The molecule has 2 N–H and O–H groups in total. The average molecular weight is 219 g/mol. The standard InChI is InChI=1S/C12H13NOS/c1-8-3-12(15-7-8)9-4-10(13)6-11(5-9)14-2/h3-7H,13H2,1-2H3. The Labute approximate surface area is 93.3 Å². The molecule has 0 fully saturated rings. The van der Waals surface area contributed by atoms with E-state index in [4.69, 9.17) is 10.5 Å². The fourth-order valence-electron chi connectivity index (χ4n) is 1.46. The Balaban J connectivity index is 2.48. The van der Waals surface area contributed by atoms with Crippen LogP contribution < -0.4 is 10.5 Å². The van der Waals surface area contributed by atoms with Gasteiger partial charge in [0.1, 0.15) is 5.75 Å². The van der Waals surface area contributed by atoms with E-state index in [-0.39, 0.29) is 0 Å². The number of benzene rings is 1. The third-order valence-corrected chi connectivity index (χ3v) is 3.28. The monoisotopic (exact) mass is 219 g/mol. The maximum Gasteiger partial charge on any atom is 0.121 e. The van der Waals surface area contributed by atoms with E-state index < -0.39 is 0 Å². The highest BCUT2D eigenvalue weighted by Crippen LogP contribution is 2.31. The van der Waals surface area contributed by atoms with Crippen LogP contribution in [0.1, 0.15) is 5.56 Å². The summed E-state index contributed by atoms with van der Waals surface area (Å²) in [7, 11) is 1.65. The van der Waals surface area contributed by atoms with Gasteiger partial charge < -0.3 is 10.5 Å². The molecule has 0 aliphatic rings. The molecule has 1 aromatic heterocycles. The topological polar surface area (TPSA) is 35.2 Å². The van der Waals surface area contributed by atoms with Gasteiger partial charge in [-0.1, -0.05) is 0 Å². The first-order valence-corrected chi connectivity index (χ1v) is 5.57. The maximum atomic E-state index is 5.80. The Kier molecular flexibility index (Phi) is 2.64. The zero-order valence-electron chi connectivity index (χ0n) is 8.78. The Hall–Kier alpha value is -1.48. The lowest BCUT2D eigenvalue weighted by molar-refractivity contribution is 0.415. The van der Waals surface area contributed by atoms with Crippen LogP contribution in [-0.2, 0) is 0 Å². The first-order chi connectivity index (χ1) is 7.19. The SMILES string of the molecule is COc1cc(N)cc(-c2cc(C)cs2)c1. The summed E-state index contributed by atoms with van der Waals surface area (Å²) in [5.74, 6) is 0.802. The summed E-state index contributed by atoms with van der Waals surface area (Å²) in [6.07, 6.45) is 0. The fourth-order valence-corrected chi connectivity index (χ4v) is 2.35. The van der Waals surface area contributed by atoms with Crippen LogP contribution in [0.2, 0.25) is 0 Å².